The summed E-state index contributed by atoms with van der Waals surface area (Å²) in [5, 5.41) is 6.39. The normalized spacial score (nSPS) is 11.5. The van der Waals surface area contributed by atoms with E-state index < -0.39 is 0 Å². The van der Waals surface area contributed by atoms with E-state index in [4.69, 9.17) is 0 Å². The third kappa shape index (κ3) is 5.08. The van der Waals surface area contributed by atoms with Gasteiger partial charge in [0.2, 0.25) is 0 Å². The summed E-state index contributed by atoms with van der Waals surface area (Å²) in [6.07, 6.45) is 0. The maximum atomic E-state index is 12.9. The van der Waals surface area contributed by atoms with Crippen molar-refractivity contribution in [1.29, 1.82) is 0 Å². The molecule has 6 heteroatoms. The highest BCUT2D eigenvalue weighted by Gasteiger charge is 2.18. The third-order valence-corrected chi connectivity index (χ3v) is 5.22. The number of carbonyl (C=O) groups excluding carboxylic acids is 1. The predicted octanol–water partition coefficient (Wildman–Crippen LogP) is 4.54. The standard InChI is InChI=1S/C25H32N4O2/c1-15-11-16(2)27-24(31)22(15)14-26-23(30)21-12-17(3)29(18(21)4)20-10-8-9-19(13-20)28-25(5,6)7/h8-13,28H,14H2,1-7H3,(H,26,30)(H,27,31). The van der Waals surface area contributed by atoms with Crippen LogP contribution in [0.4, 0.5) is 5.69 Å². The van der Waals surface area contributed by atoms with Crippen LogP contribution in [0.5, 0.6) is 0 Å². The van der Waals surface area contributed by atoms with Gasteiger partial charge < -0.3 is 20.2 Å². The molecule has 6 nitrogen and oxygen atoms in total. The number of pyridine rings is 1. The fraction of sp³-hybridized carbons (Fsp3) is 0.360. The third-order valence-electron chi connectivity index (χ3n) is 5.22. The summed E-state index contributed by atoms with van der Waals surface area (Å²) < 4.78 is 2.08. The molecule has 0 saturated heterocycles. The molecule has 2 heterocycles. The van der Waals surface area contributed by atoms with Gasteiger partial charge in [-0.3, -0.25) is 9.59 Å². The van der Waals surface area contributed by atoms with E-state index in [2.05, 4.69) is 47.0 Å². The molecule has 31 heavy (non-hydrogen) atoms. The molecule has 1 aromatic carbocycles. The minimum Gasteiger partial charge on any atom is -0.380 e. The highest BCUT2D eigenvalue weighted by atomic mass is 16.2. The van der Waals surface area contributed by atoms with Gasteiger partial charge in [-0.25, -0.2) is 0 Å². The Morgan fingerprint density at radius 3 is 2.42 bits per heavy atom. The number of benzene rings is 1. The summed E-state index contributed by atoms with van der Waals surface area (Å²) in [6.45, 7) is 14.2. The van der Waals surface area contributed by atoms with Gasteiger partial charge >= 0.3 is 0 Å². The highest BCUT2D eigenvalue weighted by molar-refractivity contribution is 5.95. The molecule has 0 radical (unpaired) electrons. The SMILES string of the molecule is Cc1cc(C)c(CNC(=O)c2cc(C)n(-c3cccc(NC(C)(C)C)c3)c2C)c(=O)[nH]1. The first-order valence-corrected chi connectivity index (χ1v) is 10.5. The number of aromatic nitrogens is 2. The van der Waals surface area contributed by atoms with Crippen LogP contribution < -0.4 is 16.2 Å². The lowest BCUT2D eigenvalue weighted by molar-refractivity contribution is 0.0950. The molecule has 0 bridgehead atoms. The van der Waals surface area contributed by atoms with Gasteiger partial charge in [-0.05, 0) is 84.4 Å². The van der Waals surface area contributed by atoms with Crippen LogP contribution in [0.1, 0.15) is 59.3 Å². The minimum atomic E-state index is -0.192. The number of amides is 1. The highest BCUT2D eigenvalue weighted by Crippen LogP contribution is 2.24. The molecule has 1 amide bonds. The van der Waals surface area contributed by atoms with Crippen LogP contribution in [0, 0.1) is 27.7 Å². The Labute approximate surface area is 183 Å². The number of rotatable bonds is 5. The zero-order valence-electron chi connectivity index (χ0n) is 19.4. The molecule has 3 N–H and O–H groups in total. The topological polar surface area (TPSA) is 78.9 Å². The second-order valence-corrected chi connectivity index (χ2v) is 9.17. The lowest BCUT2D eigenvalue weighted by Gasteiger charge is -2.23. The summed E-state index contributed by atoms with van der Waals surface area (Å²) in [5.41, 5.74) is 6.51. The van der Waals surface area contributed by atoms with E-state index in [1.54, 1.807) is 0 Å². The smallest absolute Gasteiger partial charge is 0.253 e. The first kappa shape index (κ1) is 22.4. The summed E-state index contributed by atoms with van der Waals surface area (Å²) in [6, 6.07) is 12.0. The molecule has 0 aliphatic rings. The van der Waals surface area contributed by atoms with Crippen molar-refractivity contribution in [3.8, 4) is 5.69 Å². The first-order chi connectivity index (χ1) is 14.5. The van der Waals surface area contributed by atoms with Crippen LogP contribution in [0.3, 0.4) is 0 Å². The quantitative estimate of drug-likeness (QED) is 0.567. The largest absolute Gasteiger partial charge is 0.380 e. The van der Waals surface area contributed by atoms with E-state index in [0.29, 0.717) is 11.1 Å². The average molecular weight is 421 g/mol. The summed E-state index contributed by atoms with van der Waals surface area (Å²) in [7, 11) is 0. The molecule has 0 spiro atoms. The number of hydrogen-bond donors (Lipinski definition) is 3. The van der Waals surface area contributed by atoms with Crippen LogP contribution in [0.25, 0.3) is 5.69 Å². The molecule has 3 aromatic rings. The van der Waals surface area contributed by atoms with Gasteiger partial charge in [-0.15, -0.1) is 0 Å². The number of H-pyrrole nitrogens is 1. The Balaban J connectivity index is 1.86. The molecule has 2 aromatic heterocycles. The fourth-order valence-corrected chi connectivity index (χ4v) is 3.91. The fourth-order valence-electron chi connectivity index (χ4n) is 3.91. The van der Waals surface area contributed by atoms with Crippen molar-refractivity contribution in [3.63, 3.8) is 0 Å². The number of nitrogens with one attached hydrogen (secondary N) is 3. The molecule has 0 saturated carbocycles. The molecule has 164 valence electrons. The molecule has 0 atom stereocenters. The number of nitrogens with zero attached hydrogens (tertiary/aromatic N) is 1. The Hall–Kier alpha value is -3.28. The van der Waals surface area contributed by atoms with Gasteiger partial charge in [0.1, 0.15) is 0 Å². The lowest BCUT2D eigenvalue weighted by atomic mass is 10.1. The van der Waals surface area contributed by atoms with E-state index in [1.165, 1.54) is 0 Å². The van der Waals surface area contributed by atoms with Crippen molar-refractivity contribution >= 4 is 11.6 Å². The van der Waals surface area contributed by atoms with Crippen molar-refractivity contribution in [1.82, 2.24) is 14.9 Å². The summed E-state index contributed by atoms with van der Waals surface area (Å²) in [5.74, 6) is -0.192. The molecule has 0 aliphatic heterocycles. The van der Waals surface area contributed by atoms with Gasteiger partial charge in [0.15, 0.2) is 0 Å². The summed E-state index contributed by atoms with van der Waals surface area (Å²) in [4.78, 5) is 28.0. The van der Waals surface area contributed by atoms with Crippen molar-refractivity contribution in [2.75, 3.05) is 5.32 Å². The zero-order chi connectivity index (χ0) is 22.9. The first-order valence-electron chi connectivity index (χ1n) is 10.5. The van der Waals surface area contributed by atoms with Gasteiger partial charge in [-0.1, -0.05) is 6.07 Å². The van der Waals surface area contributed by atoms with Gasteiger partial charge in [-0.2, -0.15) is 0 Å². The van der Waals surface area contributed by atoms with Crippen LogP contribution in [0.2, 0.25) is 0 Å². The maximum absolute atomic E-state index is 12.9. The van der Waals surface area contributed by atoms with Crippen molar-refractivity contribution in [3.05, 3.63) is 80.5 Å². The van der Waals surface area contributed by atoms with E-state index in [0.717, 1.165) is 34.0 Å². The molecular weight excluding hydrogens is 388 g/mol. The van der Waals surface area contributed by atoms with Gasteiger partial charge in [0, 0.05) is 46.1 Å². The number of carbonyl (C=O) groups is 1. The van der Waals surface area contributed by atoms with Gasteiger partial charge in [0.05, 0.1) is 5.56 Å². The average Bonchev–Trinajstić information content (AvgIpc) is 2.93. The molecule has 0 aliphatic carbocycles. The monoisotopic (exact) mass is 420 g/mol. The van der Waals surface area contributed by atoms with E-state index in [1.807, 2.05) is 58.0 Å². The Morgan fingerprint density at radius 1 is 1.06 bits per heavy atom. The Kier molecular flexibility index (Phi) is 6.11. The van der Waals surface area contributed by atoms with Crippen LogP contribution in [-0.4, -0.2) is 21.0 Å². The van der Waals surface area contributed by atoms with E-state index in [-0.39, 0.29) is 23.6 Å². The maximum Gasteiger partial charge on any atom is 0.253 e. The van der Waals surface area contributed by atoms with Crippen molar-refractivity contribution < 1.29 is 4.79 Å². The molecule has 3 rings (SSSR count). The summed E-state index contributed by atoms with van der Waals surface area (Å²) >= 11 is 0. The van der Waals surface area contributed by atoms with Gasteiger partial charge in [0.25, 0.3) is 11.5 Å². The molecule has 0 unspecified atom stereocenters. The Morgan fingerprint density at radius 2 is 1.77 bits per heavy atom. The Bertz CT molecular complexity index is 1180. The van der Waals surface area contributed by atoms with Crippen molar-refractivity contribution in [2.45, 2.75) is 60.5 Å². The number of aromatic amines is 1. The molecule has 0 fully saturated rings. The molecular formula is C25H32N4O2. The second kappa shape index (κ2) is 8.46. The number of hydrogen-bond acceptors (Lipinski definition) is 3. The van der Waals surface area contributed by atoms with Crippen molar-refractivity contribution in [2.24, 2.45) is 0 Å². The number of anilines is 1. The zero-order valence-corrected chi connectivity index (χ0v) is 19.4. The lowest BCUT2D eigenvalue weighted by Crippen LogP contribution is -2.28. The van der Waals surface area contributed by atoms with E-state index >= 15 is 0 Å². The number of aryl methyl sites for hydroxylation is 3. The minimum absolute atomic E-state index is 0.0452. The second-order valence-electron chi connectivity index (χ2n) is 9.17. The van der Waals surface area contributed by atoms with E-state index in [9.17, 15) is 9.59 Å². The van der Waals surface area contributed by atoms with Crippen LogP contribution in [0.15, 0.2) is 41.2 Å². The predicted molar refractivity (Wildman–Crippen MR) is 126 cm³/mol. The van der Waals surface area contributed by atoms with Crippen LogP contribution >= 0.6 is 0 Å². The van der Waals surface area contributed by atoms with Crippen LogP contribution in [-0.2, 0) is 6.54 Å².